The molecular weight excluding hydrogens is 282 g/mol. The summed E-state index contributed by atoms with van der Waals surface area (Å²) >= 11 is 0. The van der Waals surface area contributed by atoms with E-state index < -0.39 is 5.97 Å². The van der Waals surface area contributed by atoms with E-state index in [2.05, 4.69) is 33.5 Å². The van der Waals surface area contributed by atoms with E-state index >= 15 is 0 Å². The van der Waals surface area contributed by atoms with Crippen LogP contribution in [0, 0.1) is 0 Å². The monoisotopic (exact) mass is 303 g/mol. The molecule has 2 aromatic rings. The van der Waals surface area contributed by atoms with Crippen molar-refractivity contribution in [1.29, 1.82) is 0 Å². The number of benzene rings is 1. The molecule has 0 atom stereocenters. The van der Waals surface area contributed by atoms with Gasteiger partial charge in [-0.1, -0.05) is 13.8 Å². The number of nitrogens with zero attached hydrogens (tertiary/aromatic N) is 2. The van der Waals surface area contributed by atoms with E-state index in [0.717, 1.165) is 16.9 Å². The number of imidazole rings is 1. The van der Waals surface area contributed by atoms with Gasteiger partial charge in [0.2, 0.25) is 5.91 Å². The predicted molar refractivity (Wildman–Crippen MR) is 84.7 cm³/mol. The Morgan fingerprint density at radius 3 is 2.68 bits per heavy atom. The number of ether oxygens (including phenoxy) is 1. The molecule has 1 aromatic carbocycles. The van der Waals surface area contributed by atoms with Gasteiger partial charge in [0.25, 0.3) is 0 Å². The summed E-state index contributed by atoms with van der Waals surface area (Å²) in [7, 11) is 3.29. The van der Waals surface area contributed by atoms with Gasteiger partial charge in [-0.3, -0.25) is 9.59 Å². The number of anilines is 1. The number of hydrogen-bond acceptors (Lipinski definition) is 4. The molecule has 6 nitrogen and oxygen atoms in total. The molecule has 1 aromatic heterocycles. The van der Waals surface area contributed by atoms with Crippen molar-refractivity contribution in [3.05, 3.63) is 24.0 Å². The van der Waals surface area contributed by atoms with Crippen LogP contribution in [0.2, 0.25) is 0 Å². The van der Waals surface area contributed by atoms with Crippen molar-refractivity contribution in [3.8, 4) is 0 Å². The summed E-state index contributed by atoms with van der Waals surface area (Å²) in [6.07, 6.45) is 0.176. The third-order valence-electron chi connectivity index (χ3n) is 3.50. The van der Waals surface area contributed by atoms with Gasteiger partial charge in [-0.25, -0.2) is 4.98 Å². The largest absolute Gasteiger partial charge is 0.469 e. The summed E-state index contributed by atoms with van der Waals surface area (Å²) < 4.78 is 6.57. The molecule has 1 N–H and O–H groups in total. The standard InChI is InChI=1S/C16H21N3O3/c1-10(2)16-18-12-9-11(5-6-13(12)19(16)3)17-14(20)7-8-15(21)22-4/h5-6,9-10H,7-8H2,1-4H3,(H,17,20). The van der Waals surface area contributed by atoms with Crippen LogP contribution in [0.1, 0.15) is 38.4 Å². The van der Waals surface area contributed by atoms with E-state index in [9.17, 15) is 9.59 Å². The van der Waals surface area contributed by atoms with Gasteiger partial charge in [-0.15, -0.1) is 0 Å². The SMILES string of the molecule is COC(=O)CCC(=O)Nc1ccc2c(c1)nc(C(C)C)n2C. The van der Waals surface area contributed by atoms with E-state index in [1.165, 1.54) is 7.11 Å². The van der Waals surface area contributed by atoms with Crippen LogP contribution in [0.5, 0.6) is 0 Å². The Bertz CT molecular complexity index is 704. The van der Waals surface area contributed by atoms with Crippen LogP contribution < -0.4 is 5.32 Å². The Kier molecular flexibility index (Phi) is 4.80. The van der Waals surface area contributed by atoms with Crippen molar-refractivity contribution in [2.75, 3.05) is 12.4 Å². The lowest BCUT2D eigenvalue weighted by Crippen LogP contribution is -2.13. The van der Waals surface area contributed by atoms with Gasteiger partial charge in [0, 0.05) is 25.1 Å². The van der Waals surface area contributed by atoms with Crippen molar-refractivity contribution in [2.24, 2.45) is 7.05 Å². The topological polar surface area (TPSA) is 73.2 Å². The van der Waals surface area contributed by atoms with Crippen LogP contribution in [-0.4, -0.2) is 28.5 Å². The van der Waals surface area contributed by atoms with E-state index in [4.69, 9.17) is 0 Å². The first-order chi connectivity index (χ1) is 10.4. The Hall–Kier alpha value is -2.37. The van der Waals surface area contributed by atoms with Gasteiger partial charge in [0.05, 0.1) is 24.6 Å². The Morgan fingerprint density at radius 1 is 1.32 bits per heavy atom. The highest BCUT2D eigenvalue weighted by Gasteiger charge is 2.12. The highest BCUT2D eigenvalue weighted by atomic mass is 16.5. The second kappa shape index (κ2) is 6.60. The van der Waals surface area contributed by atoms with E-state index in [1.54, 1.807) is 0 Å². The molecule has 0 unspecified atom stereocenters. The van der Waals surface area contributed by atoms with E-state index in [-0.39, 0.29) is 18.7 Å². The van der Waals surface area contributed by atoms with Gasteiger partial charge >= 0.3 is 5.97 Å². The number of rotatable bonds is 5. The zero-order chi connectivity index (χ0) is 16.3. The lowest BCUT2D eigenvalue weighted by atomic mass is 10.2. The second-order valence-corrected chi connectivity index (χ2v) is 5.51. The molecule has 6 heteroatoms. The number of aromatic nitrogens is 2. The molecule has 0 saturated carbocycles. The number of esters is 1. The summed E-state index contributed by atoms with van der Waals surface area (Å²) in [5.41, 5.74) is 2.55. The number of aryl methyl sites for hydroxylation is 1. The minimum absolute atomic E-state index is 0.0751. The fourth-order valence-electron chi connectivity index (χ4n) is 2.35. The molecule has 0 aliphatic heterocycles. The molecule has 0 aliphatic carbocycles. The van der Waals surface area contributed by atoms with Crippen LogP contribution in [-0.2, 0) is 21.4 Å². The summed E-state index contributed by atoms with van der Waals surface area (Å²) in [5.74, 6) is 0.723. The van der Waals surface area contributed by atoms with Crippen molar-refractivity contribution in [2.45, 2.75) is 32.6 Å². The van der Waals surface area contributed by atoms with Crippen molar-refractivity contribution >= 4 is 28.6 Å². The average Bonchev–Trinajstić information content (AvgIpc) is 2.81. The Labute approximate surface area is 129 Å². The van der Waals surface area contributed by atoms with Gasteiger partial charge in [0.1, 0.15) is 5.82 Å². The Morgan fingerprint density at radius 2 is 2.05 bits per heavy atom. The molecule has 0 bridgehead atoms. The molecule has 22 heavy (non-hydrogen) atoms. The molecule has 118 valence electrons. The van der Waals surface area contributed by atoms with Crippen molar-refractivity contribution in [1.82, 2.24) is 9.55 Å². The number of amides is 1. The minimum Gasteiger partial charge on any atom is -0.469 e. The zero-order valence-corrected chi connectivity index (χ0v) is 13.3. The molecule has 1 heterocycles. The zero-order valence-electron chi connectivity index (χ0n) is 13.3. The van der Waals surface area contributed by atoms with Crippen LogP contribution in [0.4, 0.5) is 5.69 Å². The molecule has 1 amide bonds. The molecule has 0 aliphatic rings. The van der Waals surface area contributed by atoms with E-state index in [1.807, 2.05) is 25.2 Å². The minimum atomic E-state index is -0.392. The van der Waals surface area contributed by atoms with Crippen LogP contribution in [0.3, 0.4) is 0 Å². The predicted octanol–water partition coefficient (Wildman–Crippen LogP) is 2.59. The lowest BCUT2D eigenvalue weighted by molar-refractivity contribution is -0.141. The summed E-state index contributed by atoms with van der Waals surface area (Å²) in [6, 6.07) is 5.62. The Balaban J connectivity index is 2.13. The summed E-state index contributed by atoms with van der Waals surface area (Å²) in [6.45, 7) is 4.19. The number of hydrogen-bond donors (Lipinski definition) is 1. The third kappa shape index (κ3) is 3.44. The highest BCUT2D eigenvalue weighted by Crippen LogP contribution is 2.23. The molecule has 2 rings (SSSR count). The van der Waals surface area contributed by atoms with Gasteiger partial charge < -0.3 is 14.6 Å². The fourth-order valence-corrected chi connectivity index (χ4v) is 2.35. The number of carbonyl (C=O) groups is 2. The van der Waals surface area contributed by atoms with E-state index in [0.29, 0.717) is 11.6 Å². The second-order valence-electron chi connectivity index (χ2n) is 5.51. The normalized spacial score (nSPS) is 11.0. The molecule has 0 radical (unpaired) electrons. The van der Waals surface area contributed by atoms with Crippen molar-refractivity contribution < 1.29 is 14.3 Å². The van der Waals surface area contributed by atoms with Gasteiger partial charge in [0.15, 0.2) is 0 Å². The molecule has 0 spiro atoms. The fraction of sp³-hybridized carbons (Fsp3) is 0.438. The highest BCUT2D eigenvalue weighted by molar-refractivity contribution is 5.94. The van der Waals surface area contributed by atoms with Crippen molar-refractivity contribution in [3.63, 3.8) is 0 Å². The molecule has 0 saturated heterocycles. The maximum absolute atomic E-state index is 11.8. The molecular formula is C16H21N3O3. The first-order valence-electron chi connectivity index (χ1n) is 7.25. The first kappa shape index (κ1) is 16.0. The van der Waals surface area contributed by atoms with Gasteiger partial charge in [-0.05, 0) is 18.2 Å². The summed E-state index contributed by atoms with van der Waals surface area (Å²) in [4.78, 5) is 27.4. The first-order valence-corrected chi connectivity index (χ1v) is 7.25. The number of methoxy groups -OCH3 is 1. The van der Waals surface area contributed by atoms with Crippen LogP contribution in [0.25, 0.3) is 11.0 Å². The third-order valence-corrected chi connectivity index (χ3v) is 3.50. The molecule has 0 fully saturated rings. The maximum atomic E-state index is 11.8. The quantitative estimate of drug-likeness (QED) is 0.862. The van der Waals surface area contributed by atoms with Crippen LogP contribution in [0.15, 0.2) is 18.2 Å². The average molecular weight is 303 g/mol. The summed E-state index contributed by atoms with van der Waals surface area (Å²) in [5, 5.41) is 2.78. The van der Waals surface area contributed by atoms with Gasteiger partial charge in [-0.2, -0.15) is 0 Å². The smallest absolute Gasteiger partial charge is 0.306 e. The number of fused-ring (bicyclic) bond motifs is 1. The van der Waals surface area contributed by atoms with Crippen LogP contribution >= 0.6 is 0 Å². The lowest BCUT2D eigenvalue weighted by Gasteiger charge is -2.05. The number of nitrogens with one attached hydrogen (secondary N) is 1. The number of carbonyl (C=O) groups excluding carboxylic acids is 2. The maximum Gasteiger partial charge on any atom is 0.306 e.